The Balaban J connectivity index is 1.90. The van der Waals surface area contributed by atoms with Gasteiger partial charge in [0.15, 0.2) is 0 Å². The molecule has 3 rings (SSSR count). The van der Waals surface area contributed by atoms with E-state index >= 15 is 0 Å². The normalized spacial score (nSPS) is 16.8. The lowest BCUT2D eigenvalue weighted by Gasteiger charge is -2.18. The van der Waals surface area contributed by atoms with Crippen LogP contribution in [0.1, 0.15) is 12.0 Å². The molecular formula is C16H17ClN2O4S2. The summed E-state index contributed by atoms with van der Waals surface area (Å²) in [5.41, 5.74) is 1.51. The van der Waals surface area contributed by atoms with E-state index in [4.69, 9.17) is 11.6 Å². The van der Waals surface area contributed by atoms with Gasteiger partial charge in [-0.15, -0.1) is 0 Å². The SMILES string of the molecule is Cc1ccc(S(=O)(=O)Nc2cccc(N3CCCS3(=O)=O)c2)cc1Cl. The van der Waals surface area contributed by atoms with Gasteiger partial charge in [-0.2, -0.15) is 0 Å². The zero-order valence-corrected chi connectivity index (χ0v) is 15.8. The smallest absolute Gasteiger partial charge is 0.261 e. The lowest BCUT2D eigenvalue weighted by Crippen LogP contribution is -2.25. The summed E-state index contributed by atoms with van der Waals surface area (Å²) in [4.78, 5) is 0.0438. The van der Waals surface area contributed by atoms with Crippen LogP contribution in [0.25, 0.3) is 0 Å². The number of nitrogens with one attached hydrogen (secondary N) is 1. The number of hydrogen-bond donors (Lipinski definition) is 1. The minimum absolute atomic E-state index is 0.0438. The molecule has 0 aliphatic carbocycles. The predicted molar refractivity (Wildman–Crippen MR) is 99.2 cm³/mol. The van der Waals surface area contributed by atoms with Gasteiger partial charge in [-0.1, -0.05) is 23.7 Å². The van der Waals surface area contributed by atoms with Crippen molar-refractivity contribution in [2.75, 3.05) is 21.3 Å². The highest BCUT2D eigenvalue weighted by atomic mass is 35.5. The van der Waals surface area contributed by atoms with E-state index in [9.17, 15) is 16.8 Å². The van der Waals surface area contributed by atoms with Crippen molar-refractivity contribution in [1.82, 2.24) is 0 Å². The first-order valence-corrected chi connectivity index (χ1v) is 11.1. The highest BCUT2D eigenvalue weighted by Gasteiger charge is 2.28. The standard InChI is InChI=1S/C16H17ClN2O4S2/c1-12-6-7-15(11-16(12)17)25(22,23)18-13-4-2-5-14(10-13)19-8-3-9-24(19,20)21/h2,4-7,10-11,18H,3,8-9H2,1H3. The van der Waals surface area contributed by atoms with Crippen LogP contribution in [0.3, 0.4) is 0 Å². The molecule has 1 N–H and O–H groups in total. The molecule has 134 valence electrons. The number of anilines is 2. The van der Waals surface area contributed by atoms with Crippen molar-refractivity contribution >= 4 is 43.0 Å². The zero-order valence-electron chi connectivity index (χ0n) is 13.4. The maximum Gasteiger partial charge on any atom is 0.261 e. The average Bonchev–Trinajstić information content (AvgIpc) is 2.89. The fourth-order valence-electron chi connectivity index (χ4n) is 2.61. The van der Waals surface area contributed by atoms with Crippen LogP contribution in [-0.4, -0.2) is 29.1 Å². The van der Waals surface area contributed by atoms with Gasteiger partial charge in [0.2, 0.25) is 10.0 Å². The Labute approximate surface area is 152 Å². The Kier molecular flexibility index (Phi) is 4.70. The molecule has 0 bridgehead atoms. The average molecular weight is 401 g/mol. The van der Waals surface area contributed by atoms with Crippen molar-refractivity contribution in [3.63, 3.8) is 0 Å². The van der Waals surface area contributed by atoms with Crippen LogP contribution < -0.4 is 9.03 Å². The van der Waals surface area contributed by atoms with E-state index in [0.29, 0.717) is 23.7 Å². The van der Waals surface area contributed by atoms with E-state index < -0.39 is 20.0 Å². The first-order chi connectivity index (χ1) is 11.7. The van der Waals surface area contributed by atoms with Gasteiger partial charge in [-0.3, -0.25) is 9.03 Å². The quantitative estimate of drug-likeness (QED) is 0.855. The van der Waals surface area contributed by atoms with E-state index in [2.05, 4.69) is 4.72 Å². The lowest BCUT2D eigenvalue weighted by molar-refractivity contribution is 0.598. The summed E-state index contributed by atoms with van der Waals surface area (Å²) in [6, 6.07) is 10.8. The van der Waals surface area contributed by atoms with Gasteiger partial charge in [-0.05, 0) is 49.2 Å². The lowest BCUT2D eigenvalue weighted by atomic mass is 10.2. The monoisotopic (exact) mass is 400 g/mol. The first-order valence-electron chi connectivity index (χ1n) is 7.58. The highest BCUT2D eigenvalue weighted by molar-refractivity contribution is 7.93. The molecule has 1 aliphatic heterocycles. The Morgan fingerprint density at radius 1 is 1.16 bits per heavy atom. The molecule has 2 aromatic carbocycles. The van der Waals surface area contributed by atoms with Gasteiger partial charge in [0.1, 0.15) is 0 Å². The van der Waals surface area contributed by atoms with Crippen molar-refractivity contribution in [3.05, 3.63) is 53.1 Å². The predicted octanol–water partition coefficient (Wildman–Crippen LogP) is 2.99. The van der Waals surface area contributed by atoms with Crippen LogP contribution in [0.2, 0.25) is 5.02 Å². The van der Waals surface area contributed by atoms with E-state index in [1.54, 1.807) is 31.2 Å². The molecule has 1 heterocycles. The molecule has 6 nitrogen and oxygen atoms in total. The van der Waals surface area contributed by atoms with Gasteiger partial charge in [0, 0.05) is 11.6 Å². The van der Waals surface area contributed by atoms with Gasteiger partial charge in [0.25, 0.3) is 10.0 Å². The van der Waals surface area contributed by atoms with Gasteiger partial charge < -0.3 is 0 Å². The summed E-state index contributed by atoms with van der Waals surface area (Å²) in [6.45, 7) is 2.18. The third-order valence-corrected chi connectivity index (χ3v) is 7.59. The van der Waals surface area contributed by atoms with Crippen molar-refractivity contribution in [3.8, 4) is 0 Å². The molecule has 1 fully saturated rings. The van der Waals surface area contributed by atoms with E-state index in [0.717, 1.165) is 5.56 Å². The second-order valence-electron chi connectivity index (χ2n) is 5.81. The van der Waals surface area contributed by atoms with E-state index in [1.807, 2.05) is 0 Å². The van der Waals surface area contributed by atoms with E-state index in [1.165, 1.54) is 22.5 Å². The Bertz CT molecular complexity index is 1020. The van der Waals surface area contributed by atoms with Crippen molar-refractivity contribution < 1.29 is 16.8 Å². The molecule has 0 saturated carbocycles. The van der Waals surface area contributed by atoms with Crippen molar-refractivity contribution in [2.45, 2.75) is 18.2 Å². The molecule has 0 aromatic heterocycles. The molecule has 2 aromatic rings. The minimum Gasteiger partial charge on any atom is -0.280 e. The topological polar surface area (TPSA) is 83.6 Å². The van der Waals surface area contributed by atoms with Crippen molar-refractivity contribution in [1.29, 1.82) is 0 Å². The van der Waals surface area contributed by atoms with Gasteiger partial charge in [-0.25, -0.2) is 16.8 Å². The number of hydrogen-bond acceptors (Lipinski definition) is 4. The largest absolute Gasteiger partial charge is 0.280 e. The second kappa shape index (κ2) is 6.51. The number of benzene rings is 2. The molecule has 0 radical (unpaired) electrons. The Hall–Kier alpha value is -1.77. The number of rotatable bonds is 4. The summed E-state index contributed by atoms with van der Waals surface area (Å²) >= 11 is 6.00. The van der Waals surface area contributed by atoms with Crippen LogP contribution in [0.5, 0.6) is 0 Å². The maximum absolute atomic E-state index is 12.5. The summed E-state index contributed by atoms with van der Waals surface area (Å²) in [6.07, 6.45) is 0.556. The van der Waals surface area contributed by atoms with Crippen LogP contribution in [-0.2, 0) is 20.0 Å². The molecule has 0 unspecified atom stereocenters. The van der Waals surface area contributed by atoms with Crippen LogP contribution in [0, 0.1) is 6.92 Å². The second-order valence-corrected chi connectivity index (χ2v) is 9.91. The third kappa shape index (κ3) is 3.75. The minimum atomic E-state index is -3.82. The zero-order chi connectivity index (χ0) is 18.2. The summed E-state index contributed by atoms with van der Waals surface area (Å²) in [7, 11) is -7.15. The fraction of sp³-hybridized carbons (Fsp3) is 0.250. The molecule has 0 spiro atoms. The summed E-state index contributed by atoms with van der Waals surface area (Å²) < 4.78 is 52.9. The van der Waals surface area contributed by atoms with Crippen molar-refractivity contribution in [2.24, 2.45) is 0 Å². The Morgan fingerprint density at radius 3 is 2.56 bits per heavy atom. The summed E-state index contributed by atoms with van der Waals surface area (Å²) in [5, 5.41) is 0.361. The molecule has 1 aliphatic rings. The third-order valence-electron chi connectivity index (χ3n) is 3.94. The van der Waals surface area contributed by atoms with E-state index in [-0.39, 0.29) is 16.3 Å². The number of halogens is 1. The number of aryl methyl sites for hydroxylation is 1. The molecule has 25 heavy (non-hydrogen) atoms. The molecular weight excluding hydrogens is 384 g/mol. The van der Waals surface area contributed by atoms with Gasteiger partial charge in [0.05, 0.1) is 22.0 Å². The Morgan fingerprint density at radius 2 is 1.92 bits per heavy atom. The maximum atomic E-state index is 12.5. The van der Waals surface area contributed by atoms with Crippen LogP contribution in [0.15, 0.2) is 47.4 Å². The molecule has 0 atom stereocenters. The first kappa shape index (κ1) is 18.0. The van der Waals surface area contributed by atoms with Gasteiger partial charge >= 0.3 is 0 Å². The highest BCUT2D eigenvalue weighted by Crippen LogP contribution is 2.28. The number of nitrogens with zero attached hydrogens (tertiary/aromatic N) is 1. The molecule has 1 saturated heterocycles. The summed E-state index contributed by atoms with van der Waals surface area (Å²) in [5.74, 6) is 0.102. The fourth-order valence-corrected chi connectivity index (χ4v) is 5.49. The number of sulfonamides is 2. The molecule has 9 heteroatoms. The molecule has 0 amide bonds. The van der Waals surface area contributed by atoms with Crippen LogP contribution >= 0.6 is 11.6 Å². The van der Waals surface area contributed by atoms with Crippen LogP contribution in [0.4, 0.5) is 11.4 Å².